The molecular weight excluding hydrogens is 368 g/mol. The van der Waals surface area contributed by atoms with E-state index in [1.807, 2.05) is 31.2 Å². The van der Waals surface area contributed by atoms with Crippen LogP contribution in [0.5, 0.6) is 17.4 Å². The molecule has 2 aromatic carbocycles. The van der Waals surface area contributed by atoms with Crippen LogP contribution in [0.4, 0.5) is 0 Å². The Morgan fingerprint density at radius 3 is 2.03 bits per heavy atom. The number of ether oxygens (including phenoxy) is 3. The molecule has 1 aromatic heterocycles. The number of esters is 1. The highest BCUT2D eigenvalue weighted by atomic mass is 16.5. The van der Waals surface area contributed by atoms with Crippen molar-refractivity contribution >= 4 is 5.97 Å². The zero-order valence-electron chi connectivity index (χ0n) is 17.6. The van der Waals surface area contributed by atoms with Crippen molar-refractivity contribution in [1.82, 2.24) is 9.78 Å². The van der Waals surface area contributed by atoms with Gasteiger partial charge in [-0.2, -0.15) is 5.10 Å². The minimum absolute atomic E-state index is 0.198. The molecule has 6 nitrogen and oxygen atoms in total. The highest BCUT2D eigenvalue weighted by molar-refractivity contribution is 5.92. The molecule has 0 saturated heterocycles. The molecule has 0 saturated carbocycles. The maximum absolute atomic E-state index is 12.9. The fraction of sp³-hybridized carbons (Fsp3) is 0.304. The van der Waals surface area contributed by atoms with Crippen molar-refractivity contribution < 1.29 is 19.0 Å². The van der Waals surface area contributed by atoms with Crippen molar-refractivity contribution in [1.29, 1.82) is 0 Å². The lowest BCUT2D eigenvalue weighted by Gasteiger charge is -2.13. The number of carbonyl (C=O) groups is 1. The predicted octanol–water partition coefficient (Wildman–Crippen LogP) is 4.71. The van der Waals surface area contributed by atoms with Crippen LogP contribution >= 0.6 is 0 Å². The number of nitrogens with zero attached hydrogens (tertiary/aromatic N) is 2. The maximum Gasteiger partial charge on any atom is 0.345 e. The highest BCUT2D eigenvalue weighted by Gasteiger charge is 2.23. The molecule has 152 valence electrons. The van der Waals surface area contributed by atoms with Crippen molar-refractivity contribution in [2.75, 3.05) is 14.2 Å². The van der Waals surface area contributed by atoms with E-state index >= 15 is 0 Å². The summed E-state index contributed by atoms with van der Waals surface area (Å²) in [6.07, 6.45) is 0. The molecule has 6 heteroatoms. The normalized spacial score (nSPS) is 11.2. The summed E-state index contributed by atoms with van der Waals surface area (Å²) in [6, 6.07) is 14.6. The summed E-state index contributed by atoms with van der Waals surface area (Å²) >= 11 is 0. The van der Waals surface area contributed by atoms with Crippen molar-refractivity contribution in [2.24, 2.45) is 0 Å². The second-order valence-corrected chi connectivity index (χ2v) is 7.86. The van der Waals surface area contributed by atoms with Gasteiger partial charge >= 0.3 is 5.97 Å². The average Bonchev–Trinajstić information content (AvgIpc) is 3.12. The molecule has 0 radical (unpaired) electrons. The molecule has 0 amide bonds. The minimum atomic E-state index is -0.518. The van der Waals surface area contributed by atoms with Gasteiger partial charge in [-0.15, -0.1) is 0 Å². The SMILES string of the molecule is COc1cc(OC)cc(C(=O)Oc2cc(C(C)(C)C)nn2-c2ccc(C)cc2)c1. The summed E-state index contributed by atoms with van der Waals surface area (Å²) in [7, 11) is 3.07. The Hall–Kier alpha value is -3.28. The average molecular weight is 394 g/mol. The summed E-state index contributed by atoms with van der Waals surface area (Å²) in [4.78, 5) is 12.9. The molecule has 0 aliphatic carbocycles. The molecule has 0 N–H and O–H groups in total. The predicted molar refractivity (Wildman–Crippen MR) is 112 cm³/mol. The van der Waals surface area contributed by atoms with Gasteiger partial charge in [0.15, 0.2) is 0 Å². The van der Waals surface area contributed by atoms with E-state index in [9.17, 15) is 4.79 Å². The van der Waals surface area contributed by atoms with E-state index in [-0.39, 0.29) is 5.41 Å². The summed E-state index contributed by atoms with van der Waals surface area (Å²) in [5, 5.41) is 4.69. The molecule has 0 atom stereocenters. The van der Waals surface area contributed by atoms with Gasteiger partial charge in [0, 0.05) is 17.5 Å². The smallest absolute Gasteiger partial charge is 0.345 e. The van der Waals surface area contributed by atoms with Crippen LogP contribution < -0.4 is 14.2 Å². The van der Waals surface area contributed by atoms with Crippen LogP contribution in [0.2, 0.25) is 0 Å². The molecule has 0 unspecified atom stereocenters. The zero-order valence-corrected chi connectivity index (χ0v) is 17.6. The van der Waals surface area contributed by atoms with Gasteiger partial charge in [-0.3, -0.25) is 0 Å². The van der Waals surface area contributed by atoms with Crippen LogP contribution in [0.15, 0.2) is 48.5 Å². The molecule has 3 rings (SSSR count). The highest BCUT2D eigenvalue weighted by Crippen LogP contribution is 2.29. The molecule has 29 heavy (non-hydrogen) atoms. The van der Waals surface area contributed by atoms with E-state index in [1.54, 1.807) is 28.9 Å². The second-order valence-electron chi connectivity index (χ2n) is 7.86. The quantitative estimate of drug-likeness (QED) is 0.586. The number of rotatable bonds is 5. The van der Waals surface area contributed by atoms with E-state index in [2.05, 4.69) is 25.9 Å². The van der Waals surface area contributed by atoms with E-state index < -0.39 is 5.97 Å². The lowest BCUT2D eigenvalue weighted by Crippen LogP contribution is -2.13. The standard InChI is InChI=1S/C23H26N2O4/c1-15-7-9-17(10-8-15)25-21(14-20(24-25)23(2,3)4)29-22(26)16-11-18(27-5)13-19(12-16)28-6/h7-14H,1-6H3. The first-order valence-corrected chi connectivity index (χ1v) is 9.34. The van der Waals surface area contributed by atoms with Gasteiger partial charge in [-0.25, -0.2) is 9.48 Å². The molecule has 0 aliphatic rings. The Morgan fingerprint density at radius 1 is 0.931 bits per heavy atom. The van der Waals surface area contributed by atoms with Crippen LogP contribution in [-0.2, 0) is 5.41 Å². The molecule has 0 aliphatic heterocycles. The van der Waals surface area contributed by atoms with Crippen LogP contribution in [0.3, 0.4) is 0 Å². The first-order valence-electron chi connectivity index (χ1n) is 9.34. The van der Waals surface area contributed by atoms with Crippen molar-refractivity contribution in [3.8, 4) is 23.1 Å². The maximum atomic E-state index is 12.9. The Balaban J connectivity index is 2.00. The third-order valence-electron chi connectivity index (χ3n) is 4.51. The van der Waals surface area contributed by atoms with Crippen molar-refractivity contribution in [3.05, 3.63) is 65.4 Å². The number of hydrogen-bond donors (Lipinski definition) is 0. The molecule has 0 fully saturated rings. The third kappa shape index (κ3) is 4.59. The summed E-state index contributed by atoms with van der Waals surface area (Å²) < 4.78 is 17.9. The zero-order chi connectivity index (χ0) is 21.2. The molecular formula is C23H26N2O4. The number of benzene rings is 2. The van der Waals surface area contributed by atoms with Gasteiger partial charge < -0.3 is 14.2 Å². The van der Waals surface area contributed by atoms with E-state index in [0.29, 0.717) is 22.9 Å². The summed E-state index contributed by atoms with van der Waals surface area (Å²) in [6.45, 7) is 8.21. The Bertz CT molecular complexity index is 992. The van der Waals surface area contributed by atoms with E-state index in [1.165, 1.54) is 14.2 Å². The fourth-order valence-corrected chi connectivity index (χ4v) is 2.75. The van der Waals surface area contributed by atoms with E-state index in [4.69, 9.17) is 14.2 Å². The Morgan fingerprint density at radius 2 is 1.52 bits per heavy atom. The molecule has 1 heterocycles. The van der Waals surface area contributed by atoms with Crippen molar-refractivity contribution in [2.45, 2.75) is 33.1 Å². The first-order chi connectivity index (χ1) is 13.7. The monoisotopic (exact) mass is 394 g/mol. The third-order valence-corrected chi connectivity index (χ3v) is 4.51. The van der Waals surface area contributed by atoms with Gasteiger partial charge in [0.25, 0.3) is 0 Å². The number of hydrogen-bond acceptors (Lipinski definition) is 5. The van der Waals surface area contributed by atoms with Crippen molar-refractivity contribution in [3.63, 3.8) is 0 Å². The number of aromatic nitrogens is 2. The molecule has 0 bridgehead atoms. The van der Waals surface area contributed by atoms with Gasteiger partial charge in [0.1, 0.15) is 11.5 Å². The van der Waals surface area contributed by atoms with Crippen LogP contribution in [0, 0.1) is 6.92 Å². The number of aryl methyl sites for hydroxylation is 1. The first kappa shape index (κ1) is 20.5. The van der Waals surface area contributed by atoms with Gasteiger partial charge in [0.05, 0.1) is 31.2 Å². The van der Waals surface area contributed by atoms with Gasteiger partial charge in [-0.05, 0) is 31.2 Å². The summed E-state index contributed by atoms with van der Waals surface area (Å²) in [5.74, 6) is 0.860. The largest absolute Gasteiger partial charge is 0.497 e. The number of methoxy groups -OCH3 is 2. The molecule has 3 aromatic rings. The Labute approximate surface area is 171 Å². The lowest BCUT2D eigenvalue weighted by atomic mass is 9.93. The van der Waals surface area contributed by atoms with Crippen LogP contribution in [0.25, 0.3) is 5.69 Å². The fourth-order valence-electron chi connectivity index (χ4n) is 2.75. The summed E-state index contributed by atoms with van der Waals surface area (Å²) in [5.41, 5.74) is 2.91. The molecule has 0 spiro atoms. The van der Waals surface area contributed by atoms with Crippen LogP contribution in [-0.4, -0.2) is 30.0 Å². The van der Waals surface area contributed by atoms with Gasteiger partial charge in [-0.1, -0.05) is 38.5 Å². The number of carbonyl (C=O) groups excluding carboxylic acids is 1. The Kier molecular flexibility index (Phi) is 5.64. The topological polar surface area (TPSA) is 62.6 Å². The van der Waals surface area contributed by atoms with E-state index in [0.717, 1.165) is 16.9 Å². The second kappa shape index (κ2) is 7.99. The van der Waals surface area contributed by atoms with Gasteiger partial charge in [0.2, 0.25) is 5.88 Å². The van der Waals surface area contributed by atoms with Crippen LogP contribution in [0.1, 0.15) is 42.4 Å². The minimum Gasteiger partial charge on any atom is -0.497 e. The lowest BCUT2D eigenvalue weighted by molar-refractivity contribution is 0.0722.